The molecule has 0 rings (SSSR count). The molecule has 0 atom stereocenters. The summed E-state index contributed by atoms with van der Waals surface area (Å²) in [5.41, 5.74) is 0. The first-order chi connectivity index (χ1) is 4.91. The normalized spacial score (nSPS) is 10.2. The van der Waals surface area contributed by atoms with E-state index in [2.05, 4.69) is 0 Å². The van der Waals surface area contributed by atoms with Gasteiger partial charge in [-0.2, -0.15) is 0 Å². The highest BCUT2D eigenvalue weighted by atomic mass is 16.5. The first kappa shape index (κ1) is 9.88. The third-order valence-electron chi connectivity index (χ3n) is 1.01. The van der Waals surface area contributed by atoms with E-state index in [0.29, 0.717) is 13.2 Å². The van der Waals surface area contributed by atoms with Crippen LogP contribution < -0.4 is 0 Å². The van der Waals surface area contributed by atoms with Crippen molar-refractivity contribution in [1.82, 2.24) is 0 Å². The molecule has 1 radical (unpaired) electrons. The summed E-state index contributed by atoms with van der Waals surface area (Å²) >= 11 is 0. The highest BCUT2D eigenvalue weighted by Crippen LogP contribution is 1.83. The molecule has 3 nitrogen and oxygen atoms in total. The van der Waals surface area contributed by atoms with Gasteiger partial charge in [-0.3, -0.25) is 0 Å². The average Bonchev–Trinajstić information content (AvgIpc) is 1.97. The van der Waals surface area contributed by atoms with Gasteiger partial charge in [0.1, 0.15) is 6.61 Å². The van der Waals surface area contributed by atoms with E-state index in [1.54, 1.807) is 0 Å². The number of ether oxygens (including phenoxy) is 2. The summed E-state index contributed by atoms with van der Waals surface area (Å²) in [5.74, 6) is 0. The van der Waals surface area contributed by atoms with Crippen LogP contribution in [0.2, 0.25) is 0 Å². The number of hydrogen-bond donors (Lipinski definition) is 0. The van der Waals surface area contributed by atoms with Gasteiger partial charge in [-0.1, -0.05) is 0 Å². The minimum atomic E-state index is -0.144. The van der Waals surface area contributed by atoms with Crippen molar-refractivity contribution in [3.63, 3.8) is 0 Å². The fourth-order valence-corrected chi connectivity index (χ4v) is 0.568. The number of rotatable bonds is 7. The lowest BCUT2D eigenvalue weighted by atomic mass is 10.5. The second-order valence-electron chi connectivity index (χ2n) is 1.87. The van der Waals surface area contributed by atoms with Crippen LogP contribution in [-0.2, 0) is 14.6 Å². The van der Waals surface area contributed by atoms with E-state index in [4.69, 9.17) is 9.47 Å². The second-order valence-corrected chi connectivity index (χ2v) is 1.87. The third kappa shape index (κ3) is 7.88. The third-order valence-corrected chi connectivity index (χ3v) is 1.01. The molecule has 0 aromatic carbocycles. The monoisotopic (exact) mass is 147 g/mol. The van der Waals surface area contributed by atoms with Gasteiger partial charge in [-0.15, -0.1) is 0 Å². The molecular formula is C7H15O3. The van der Waals surface area contributed by atoms with Crippen LogP contribution in [0, 0.1) is 0 Å². The first-order valence-corrected chi connectivity index (χ1v) is 3.65. The Morgan fingerprint density at radius 3 is 2.40 bits per heavy atom. The summed E-state index contributed by atoms with van der Waals surface area (Å²) in [4.78, 5) is 0. The smallest absolute Gasteiger partial charge is 0.106 e. The maximum Gasteiger partial charge on any atom is 0.106 e. The first-order valence-electron chi connectivity index (χ1n) is 3.65. The zero-order chi connectivity index (χ0) is 7.66. The molecule has 0 saturated heterocycles. The van der Waals surface area contributed by atoms with Crippen molar-refractivity contribution in [2.75, 3.05) is 33.0 Å². The summed E-state index contributed by atoms with van der Waals surface area (Å²) in [5, 5.41) is 9.86. The lowest BCUT2D eigenvalue weighted by Crippen LogP contribution is -2.03. The van der Waals surface area contributed by atoms with Crippen LogP contribution in [0.4, 0.5) is 0 Å². The minimum Gasteiger partial charge on any atom is -0.382 e. The molecule has 0 aliphatic rings. The predicted octanol–water partition coefficient (Wildman–Crippen LogP) is 0.860. The Balaban J connectivity index is 2.65. The molecular weight excluding hydrogens is 132 g/mol. The Hall–Kier alpha value is -0.120. The topological polar surface area (TPSA) is 38.4 Å². The summed E-state index contributed by atoms with van der Waals surface area (Å²) in [7, 11) is 0. The lowest BCUT2D eigenvalue weighted by molar-refractivity contribution is 0.0481. The zero-order valence-electron chi connectivity index (χ0n) is 6.47. The van der Waals surface area contributed by atoms with Gasteiger partial charge in [0.2, 0.25) is 0 Å². The molecule has 10 heavy (non-hydrogen) atoms. The molecule has 0 aliphatic heterocycles. The van der Waals surface area contributed by atoms with Crippen molar-refractivity contribution in [1.29, 1.82) is 0 Å². The van der Waals surface area contributed by atoms with Crippen molar-refractivity contribution in [2.24, 2.45) is 0 Å². The van der Waals surface area contributed by atoms with E-state index in [0.717, 1.165) is 19.6 Å². The molecule has 0 aromatic heterocycles. The Bertz CT molecular complexity index is 48.8. The standard InChI is InChI=1S/C7H15O3/c1-2-9-5-3-6-10-7-4-8/h2-7H2,1H3. The Morgan fingerprint density at radius 2 is 1.80 bits per heavy atom. The summed E-state index contributed by atoms with van der Waals surface area (Å²) in [6, 6.07) is 0. The molecule has 0 unspecified atom stereocenters. The van der Waals surface area contributed by atoms with Crippen molar-refractivity contribution in [3.05, 3.63) is 0 Å². The van der Waals surface area contributed by atoms with Crippen molar-refractivity contribution < 1.29 is 14.6 Å². The molecule has 0 fully saturated rings. The summed E-state index contributed by atoms with van der Waals surface area (Å²) < 4.78 is 9.99. The van der Waals surface area contributed by atoms with Gasteiger partial charge in [0.05, 0.1) is 6.61 Å². The average molecular weight is 147 g/mol. The van der Waals surface area contributed by atoms with E-state index in [-0.39, 0.29) is 6.61 Å². The van der Waals surface area contributed by atoms with Crippen molar-refractivity contribution in [2.45, 2.75) is 13.3 Å². The Morgan fingerprint density at radius 1 is 1.10 bits per heavy atom. The SMILES string of the molecule is CCOCCCOCC[O]. The fourth-order valence-electron chi connectivity index (χ4n) is 0.568. The quantitative estimate of drug-likeness (QED) is 0.501. The van der Waals surface area contributed by atoms with Crippen LogP contribution in [-0.4, -0.2) is 33.0 Å². The lowest BCUT2D eigenvalue weighted by Gasteiger charge is -2.00. The fraction of sp³-hybridized carbons (Fsp3) is 1.00. The van der Waals surface area contributed by atoms with Gasteiger partial charge in [-0.05, 0) is 13.3 Å². The maximum absolute atomic E-state index is 9.86. The van der Waals surface area contributed by atoms with Crippen LogP contribution in [0.3, 0.4) is 0 Å². The predicted molar refractivity (Wildman–Crippen MR) is 37.5 cm³/mol. The minimum absolute atomic E-state index is 0.144. The van der Waals surface area contributed by atoms with Gasteiger partial charge < -0.3 is 9.47 Å². The Kier molecular flexibility index (Phi) is 8.77. The van der Waals surface area contributed by atoms with Gasteiger partial charge in [0.25, 0.3) is 0 Å². The summed E-state index contributed by atoms with van der Waals surface area (Å²) in [6.45, 7) is 4.26. The largest absolute Gasteiger partial charge is 0.382 e. The van der Waals surface area contributed by atoms with Gasteiger partial charge in [0, 0.05) is 19.8 Å². The van der Waals surface area contributed by atoms with Crippen LogP contribution in [0.15, 0.2) is 0 Å². The van der Waals surface area contributed by atoms with Crippen LogP contribution in [0.25, 0.3) is 0 Å². The van der Waals surface area contributed by atoms with E-state index >= 15 is 0 Å². The molecule has 3 heteroatoms. The molecule has 61 valence electrons. The van der Waals surface area contributed by atoms with E-state index in [1.807, 2.05) is 6.92 Å². The van der Waals surface area contributed by atoms with Gasteiger partial charge in [0.15, 0.2) is 0 Å². The Labute approximate surface area is 62.0 Å². The highest BCUT2D eigenvalue weighted by Gasteiger charge is 1.87. The second kappa shape index (κ2) is 8.88. The van der Waals surface area contributed by atoms with E-state index < -0.39 is 0 Å². The van der Waals surface area contributed by atoms with Gasteiger partial charge in [-0.25, -0.2) is 5.11 Å². The van der Waals surface area contributed by atoms with Gasteiger partial charge >= 0.3 is 0 Å². The molecule has 0 saturated carbocycles. The van der Waals surface area contributed by atoms with Crippen molar-refractivity contribution in [3.8, 4) is 0 Å². The van der Waals surface area contributed by atoms with E-state index in [1.165, 1.54) is 0 Å². The van der Waals surface area contributed by atoms with Crippen LogP contribution in [0.1, 0.15) is 13.3 Å². The van der Waals surface area contributed by atoms with Crippen molar-refractivity contribution >= 4 is 0 Å². The molecule has 0 amide bonds. The number of hydrogen-bond acceptors (Lipinski definition) is 2. The summed E-state index contributed by atoms with van der Waals surface area (Å²) in [6.07, 6.45) is 0.883. The molecule has 0 aliphatic carbocycles. The van der Waals surface area contributed by atoms with Crippen LogP contribution >= 0.6 is 0 Å². The highest BCUT2D eigenvalue weighted by molar-refractivity contribution is 4.33. The molecule has 0 bridgehead atoms. The molecule has 0 aromatic rings. The molecule has 0 spiro atoms. The molecule has 0 heterocycles. The van der Waals surface area contributed by atoms with E-state index in [9.17, 15) is 5.11 Å². The maximum atomic E-state index is 9.86. The molecule has 0 N–H and O–H groups in total. The zero-order valence-corrected chi connectivity index (χ0v) is 6.47. The van der Waals surface area contributed by atoms with Crippen LogP contribution in [0.5, 0.6) is 0 Å².